The van der Waals surface area contributed by atoms with Crippen LogP contribution in [0, 0.1) is 5.92 Å². The second-order valence-corrected chi connectivity index (χ2v) is 4.64. The molecule has 0 radical (unpaired) electrons. The Balaban J connectivity index is 2.12. The third kappa shape index (κ3) is 4.49. The van der Waals surface area contributed by atoms with Gasteiger partial charge in [0.15, 0.2) is 0 Å². The van der Waals surface area contributed by atoms with Crippen LogP contribution in [0.25, 0.3) is 0 Å². The maximum Gasteiger partial charge on any atom is 0.307 e. The van der Waals surface area contributed by atoms with Gasteiger partial charge in [-0.3, -0.25) is 4.79 Å². The molecule has 1 rings (SSSR count). The molecule has 4 heteroatoms. The first kappa shape index (κ1) is 13.5. The highest BCUT2D eigenvalue weighted by Gasteiger charge is 2.21. The smallest absolute Gasteiger partial charge is 0.307 e. The molecular formula is C12H24N2O2. The highest BCUT2D eigenvalue weighted by Crippen LogP contribution is 2.14. The number of rotatable bonds is 6. The van der Waals surface area contributed by atoms with Crippen molar-refractivity contribution < 1.29 is 9.53 Å². The van der Waals surface area contributed by atoms with E-state index in [0.29, 0.717) is 6.42 Å². The van der Waals surface area contributed by atoms with Crippen LogP contribution in [0.5, 0.6) is 0 Å². The van der Waals surface area contributed by atoms with Gasteiger partial charge in [-0.25, -0.2) is 0 Å². The van der Waals surface area contributed by atoms with Gasteiger partial charge >= 0.3 is 5.97 Å². The molecule has 94 valence electrons. The molecule has 16 heavy (non-hydrogen) atoms. The maximum atomic E-state index is 11.0. The topological polar surface area (TPSA) is 41.6 Å². The van der Waals surface area contributed by atoms with Crippen LogP contribution >= 0.6 is 0 Å². The molecule has 1 saturated heterocycles. The lowest BCUT2D eigenvalue weighted by Crippen LogP contribution is -2.34. The van der Waals surface area contributed by atoms with Gasteiger partial charge in [-0.1, -0.05) is 6.92 Å². The highest BCUT2D eigenvalue weighted by atomic mass is 16.5. The molecule has 2 atom stereocenters. The number of hydrogen-bond donors (Lipinski definition) is 1. The van der Waals surface area contributed by atoms with E-state index in [2.05, 4.69) is 21.9 Å². The van der Waals surface area contributed by atoms with E-state index >= 15 is 0 Å². The summed E-state index contributed by atoms with van der Waals surface area (Å²) < 4.78 is 4.64. The van der Waals surface area contributed by atoms with Gasteiger partial charge in [0, 0.05) is 12.6 Å². The van der Waals surface area contributed by atoms with Crippen molar-refractivity contribution >= 4 is 5.97 Å². The quantitative estimate of drug-likeness (QED) is 0.685. The standard InChI is InChI=1S/C12H24N2O2/c1-4-14-6-5-11(9-14)8-13-10(2)7-12(15)16-3/h10-11,13H,4-9H2,1-3H3. The van der Waals surface area contributed by atoms with Crippen LogP contribution in [-0.4, -0.2) is 50.2 Å². The molecule has 0 bridgehead atoms. The minimum Gasteiger partial charge on any atom is -0.469 e. The molecule has 0 spiro atoms. The van der Waals surface area contributed by atoms with Gasteiger partial charge < -0.3 is 15.0 Å². The third-order valence-electron chi connectivity index (χ3n) is 3.27. The summed E-state index contributed by atoms with van der Waals surface area (Å²) in [5, 5.41) is 3.41. The minimum absolute atomic E-state index is 0.137. The van der Waals surface area contributed by atoms with Crippen LogP contribution in [0.3, 0.4) is 0 Å². The minimum atomic E-state index is -0.137. The molecule has 1 aliphatic heterocycles. The van der Waals surface area contributed by atoms with E-state index in [1.165, 1.54) is 26.6 Å². The zero-order chi connectivity index (χ0) is 12.0. The van der Waals surface area contributed by atoms with Crippen LogP contribution in [0.4, 0.5) is 0 Å². The molecule has 1 aliphatic rings. The zero-order valence-electron chi connectivity index (χ0n) is 10.7. The second-order valence-electron chi connectivity index (χ2n) is 4.64. The van der Waals surface area contributed by atoms with Crippen molar-refractivity contribution in [1.82, 2.24) is 10.2 Å². The van der Waals surface area contributed by atoms with Crippen molar-refractivity contribution in [2.45, 2.75) is 32.7 Å². The van der Waals surface area contributed by atoms with Crippen molar-refractivity contribution in [2.75, 3.05) is 33.3 Å². The molecule has 4 nitrogen and oxygen atoms in total. The number of likely N-dealkylation sites (tertiary alicyclic amines) is 1. The predicted octanol–water partition coefficient (Wildman–Crippen LogP) is 0.869. The predicted molar refractivity (Wildman–Crippen MR) is 64.3 cm³/mol. The first-order chi connectivity index (χ1) is 7.65. The van der Waals surface area contributed by atoms with Gasteiger partial charge in [0.05, 0.1) is 13.5 Å². The molecule has 1 heterocycles. The molecule has 0 saturated carbocycles. The maximum absolute atomic E-state index is 11.0. The van der Waals surface area contributed by atoms with Gasteiger partial charge in [-0.15, -0.1) is 0 Å². The number of methoxy groups -OCH3 is 1. The largest absolute Gasteiger partial charge is 0.469 e. The van der Waals surface area contributed by atoms with Crippen LogP contribution in [-0.2, 0) is 9.53 Å². The van der Waals surface area contributed by atoms with Gasteiger partial charge in [-0.2, -0.15) is 0 Å². The summed E-state index contributed by atoms with van der Waals surface area (Å²) in [6.07, 6.45) is 1.73. The number of carbonyl (C=O) groups excluding carboxylic acids is 1. The monoisotopic (exact) mass is 228 g/mol. The Hall–Kier alpha value is -0.610. The zero-order valence-corrected chi connectivity index (χ0v) is 10.7. The van der Waals surface area contributed by atoms with E-state index in [-0.39, 0.29) is 12.0 Å². The summed E-state index contributed by atoms with van der Waals surface area (Å²) in [5.41, 5.74) is 0. The number of esters is 1. The van der Waals surface area contributed by atoms with E-state index in [1.807, 2.05) is 6.92 Å². The average Bonchev–Trinajstić information content (AvgIpc) is 2.74. The Morgan fingerprint density at radius 3 is 2.94 bits per heavy atom. The van der Waals surface area contributed by atoms with E-state index < -0.39 is 0 Å². The van der Waals surface area contributed by atoms with E-state index in [0.717, 1.165) is 19.0 Å². The fraction of sp³-hybridized carbons (Fsp3) is 0.917. The highest BCUT2D eigenvalue weighted by molar-refractivity contribution is 5.69. The van der Waals surface area contributed by atoms with Crippen molar-refractivity contribution in [3.8, 4) is 0 Å². The normalized spacial score (nSPS) is 23.3. The lowest BCUT2D eigenvalue weighted by atomic mass is 10.1. The Morgan fingerprint density at radius 2 is 2.38 bits per heavy atom. The number of nitrogens with zero attached hydrogens (tertiary/aromatic N) is 1. The molecule has 1 fully saturated rings. The van der Waals surface area contributed by atoms with E-state index in [1.54, 1.807) is 0 Å². The lowest BCUT2D eigenvalue weighted by Gasteiger charge is -2.17. The molecular weight excluding hydrogens is 204 g/mol. The van der Waals surface area contributed by atoms with Crippen LogP contribution < -0.4 is 5.32 Å². The van der Waals surface area contributed by atoms with Crippen molar-refractivity contribution in [3.63, 3.8) is 0 Å². The summed E-state index contributed by atoms with van der Waals surface area (Å²) in [6, 6.07) is 0.211. The Kier molecular flexibility index (Phi) is 5.77. The molecule has 2 unspecified atom stereocenters. The third-order valence-corrected chi connectivity index (χ3v) is 3.27. The first-order valence-electron chi connectivity index (χ1n) is 6.18. The summed E-state index contributed by atoms with van der Waals surface area (Å²) in [7, 11) is 1.44. The summed E-state index contributed by atoms with van der Waals surface area (Å²) in [5.74, 6) is 0.599. The summed E-state index contributed by atoms with van der Waals surface area (Å²) in [6.45, 7) is 8.80. The van der Waals surface area contributed by atoms with Crippen LogP contribution in [0.1, 0.15) is 26.7 Å². The van der Waals surface area contributed by atoms with Gasteiger partial charge in [-0.05, 0) is 38.9 Å². The van der Waals surface area contributed by atoms with Crippen molar-refractivity contribution in [3.05, 3.63) is 0 Å². The second kappa shape index (κ2) is 6.86. The molecule has 0 aromatic rings. The Bertz CT molecular complexity index is 221. The van der Waals surface area contributed by atoms with Gasteiger partial charge in [0.25, 0.3) is 0 Å². The van der Waals surface area contributed by atoms with Gasteiger partial charge in [0.2, 0.25) is 0 Å². The molecule has 0 aromatic carbocycles. The average molecular weight is 228 g/mol. The Morgan fingerprint density at radius 1 is 1.62 bits per heavy atom. The van der Waals surface area contributed by atoms with E-state index in [4.69, 9.17) is 0 Å². The molecule has 1 N–H and O–H groups in total. The number of ether oxygens (including phenoxy) is 1. The summed E-state index contributed by atoms with van der Waals surface area (Å²) >= 11 is 0. The number of hydrogen-bond acceptors (Lipinski definition) is 4. The van der Waals surface area contributed by atoms with Gasteiger partial charge in [0.1, 0.15) is 0 Å². The Labute approximate surface area is 98.3 Å². The molecule has 0 aromatic heterocycles. The lowest BCUT2D eigenvalue weighted by molar-refractivity contribution is -0.141. The number of carbonyl (C=O) groups is 1. The van der Waals surface area contributed by atoms with Crippen molar-refractivity contribution in [2.24, 2.45) is 5.92 Å². The molecule has 0 amide bonds. The van der Waals surface area contributed by atoms with Crippen LogP contribution in [0.15, 0.2) is 0 Å². The first-order valence-corrected chi connectivity index (χ1v) is 6.18. The summed E-state index contributed by atoms with van der Waals surface area (Å²) in [4.78, 5) is 13.5. The SMILES string of the molecule is CCN1CCC(CNC(C)CC(=O)OC)C1. The van der Waals surface area contributed by atoms with Crippen molar-refractivity contribution in [1.29, 1.82) is 0 Å². The van der Waals surface area contributed by atoms with Crippen LogP contribution in [0.2, 0.25) is 0 Å². The molecule has 0 aliphatic carbocycles. The fourth-order valence-electron chi connectivity index (χ4n) is 2.14. The fourth-order valence-corrected chi connectivity index (χ4v) is 2.14. The number of nitrogens with one attached hydrogen (secondary N) is 1. The van der Waals surface area contributed by atoms with E-state index in [9.17, 15) is 4.79 Å².